The van der Waals surface area contributed by atoms with E-state index in [-0.39, 0.29) is 18.4 Å². The molecule has 1 aromatic rings. The van der Waals surface area contributed by atoms with Crippen LogP contribution < -0.4 is 0 Å². The largest absolute Gasteiger partial charge is 0.395 e. The van der Waals surface area contributed by atoms with E-state index in [2.05, 4.69) is 0 Å². The molecular formula is C14H19Cl2NO2. The van der Waals surface area contributed by atoms with Crippen LogP contribution in [-0.2, 0) is 11.2 Å². The fourth-order valence-corrected chi connectivity index (χ4v) is 2.45. The maximum atomic E-state index is 12.2. The summed E-state index contributed by atoms with van der Waals surface area (Å²) in [7, 11) is 0. The Hall–Kier alpha value is -0.770. The van der Waals surface area contributed by atoms with Crippen molar-refractivity contribution in [2.75, 3.05) is 19.7 Å². The first-order valence-corrected chi connectivity index (χ1v) is 7.08. The molecule has 1 N–H and O–H groups in total. The normalized spacial score (nSPS) is 12.3. The number of halogens is 2. The van der Waals surface area contributed by atoms with Crippen molar-refractivity contribution in [1.29, 1.82) is 0 Å². The van der Waals surface area contributed by atoms with Gasteiger partial charge in [-0.1, -0.05) is 36.2 Å². The molecule has 19 heavy (non-hydrogen) atoms. The molecule has 0 saturated carbocycles. The van der Waals surface area contributed by atoms with Crippen LogP contribution in [0.15, 0.2) is 18.2 Å². The summed E-state index contributed by atoms with van der Waals surface area (Å²) in [5.74, 6) is -0.146. The molecule has 1 aromatic carbocycles. The molecule has 0 aliphatic rings. The maximum absolute atomic E-state index is 12.2. The standard InChI is InChI=1S/C14H19Cl2NO2/c1-3-17(6-7-18)14(19)10(2)8-11-4-5-12(15)9-13(11)16/h4-5,9-10,18H,3,6-8H2,1-2H3. The van der Waals surface area contributed by atoms with E-state index in [0.717, 1.165) is 5.56 Å². The molecule has 0 fully saturated rings. The van der Waals surface area contributed by atoms with Gasteiger partial charge in [0.1, 0.15) is 0 Å². The first kappa shape index (κ1) is 16.3. The van der Waals surface area contributed by atoms with Crippen LogP contribution in [0, 0.1) is 5.92 Å². The minimum Gasteiger partial charge on any atom is -0.395 e. The lowest BCUT2D eigenvalue weighted by molar-refractivity contribution is -0.135. The van der Waals surface area contributed by atoms with Gasteiger partial charge in [-0.15, -0.1) is 0 Å². The lowest BCUT2D eigenvalue weighted by Crippen LogP contribution is -2.37. The monoisotopic (exact) mass is 303 g/mol. The summed E-state index contributed by atoms with van der Waals surface area (Å²) in [6, 6.07) is 5.29. The number of carbonyl (C=O) groups is 1. The Balaban J connectivity index is 2.72. The average Bonchev–Trinajstić information content (AvgIpc) is 2.38. The van der Waals surface area contributed by atoms with E-state index < -0.39 is 0 Å². The SMILES string of the molecule is CCN(CCO)C(=O)C(C)Cc1ccc(Cl)cc1Cl. The van der Waals surface area contributed by atoms with E-state index in [4.69, 9.17) is 28.3 Å². The van der Waals surface area contributed by atoms with E-state index >= 15 is 0 Å². The highest BCUT2D eigenvalue weighted by Gasteiger charge is 2.20. The van der Waals surface area contributed by atoms with Crippen LogP contribution in [0.25, 0.3) is 0 Å². The second-order valence-corrected chi connectivity index (χ2v) is 5.33. The average molecular weight is 304 g/mol. The number of hydrogen-bond acceptors (Lipinski definition) is 2. The first-order chi connectivity index (χ1) is 8.99. The number of rotatable bonds is 6. The highest BCUT2D eigenvalue weighted by atomic mass is 35.5. The molecular weight excluding hydrogens is 285 g/mol. The smallest absolute Gasteiger partial charge is 0.225 e. The highest BCUT2D eigenvalue weighted by Crippen LogP contribution is 2.23. The van der Waals surface area contributed by atoms with Gasteiger partial charge in [-0.25, -0.2) is 0 Å². The third-order valence-corrected chi connectivity index (χ3v) is 3.61. The molecule has 0 radical (unpaired) electrons. The Morgan fingerprint density at radius 2 is 2.11 bits per heavy atom. The number of hydrogen-bond donors (Lipinski definition) is 1. The predicted octanol–water partition coefficient (Wildman–Crippen LogP) is 3.01. The molecule has 0 aliphatic heterocycles. The van der Waals surface area contributed by atoms with Gasteiger partial charge in [-0.05, 0) is 31.0 Å². The second kappa shape index (κ2) is 7.73. The Labute approximate surface area is 124 Å². The van der Waals surface area contributed by atoms with Crippen LogP contribution in [0.3, 0.4) is 0 Å². The van der Waals surface area contributed by atoms with Crippen LogP contribution in [0.1, 0.15) is 19.4 Å². The van der Waals surface area contributed by atoms with Crippen molar-refractivity contribution >= 4 is 29.1 Å². The third-order valence-electron chi connectivity index (χ3n) is 3.03. The molecule has 0 bridgehead atoms. The van der Waals surface area contributed by atoms with Crippen molar-refractivity contribution in [1.82, 2.24) is 4.90 Å². The fraction of sp³-hybridized carbons (Fsp3) is 0.500. The molecule has 106 valence electrons. The Morgan fingerprint density at radius 1 is 1.42 bits per heavy atom. The van der Waals surface area contributed by atoms with Crippen LogP contribution in [0.5, 0.6) is 0 Å². The topological polar surface area (TPSA) is 40.5 Å². The molecule has 0 saturated heterocycles. The molecule has 3 nitrogen and oxygen atoms in total. The molecule has 1 unspecified atom stereocenters. The van der Waals surface area contributed by atoms with Gasteiger partial charge in [0.2, 0.25) is 5.91 Å². The van der Waals surface area contributed by atoms with Gasteiger partial charge in [0.25, 0.3) is 0 Å². The molecule has 0 aromatic heterocycles. The summed E-state index contributed by atoms with van der Waals surface area (Å²) in [4.78, 5) is 13.8. The van der Waals surface area contributed by atoms with E-state index in [9.17, 15) is 4.79 Å². The summed E-state index contributed by atoms with van der Waals surface area (Å²) in [5, 5.41) is 10.1. The van der Waals surface area contributed by atoms with Crippen LogP contribution in [0.4, 0.5) is 0 Å². The van der Waals surface area contributed by atoms with Crippen LogP contribution in [-0.4, -0.2) is 35.6 Å². The molecule has 0 heterocycles. The van der Waals surface area contributed by atoms with Gasteiger partial charge in [0.15, 0.2) is 0 Å². The molecule has 0 aliphatic carbocycles. The van der Waals surface area contributed by atoms with Gasteiger partial charge >= 0.3 is 0 Å². The maximum Gasteiger partial charge on any atom is 0.225 e. The summed E-state index contributed by atoms with van der Waals surface area (Å²) in [5.41, 5.74) is 0.909. The summed E-state index contributed by atoms with van der Waals surface area (Å²) >= 11 is 11.9. The Kier molecular flexibility index (Phi) is 6.63. The van der Waals surface area contributed by atoms with Crippen molar-refractivity contribution in [3.63, 3.8) is 0 Å². The zero-order chi connectivity index (χ0) is 14.4. The second-order valence-electron chi connectivity index (χ2n) is 4.48. The Bertz CT molecular complexity index is 437. The van der Waals surface area contributed by atoms with Crippen LogP contribution in [0.2, 0.25) is 10.0 Å². The molecule has 1 rings (SSSR count). The Morgan fingerprint density at radius 3 is 2.63 bits per heavy atom. The fourth-order valence-electron chi connectivity index (χ4n) is 1.96. The molecule has 0 spiro atoms. The minimum absolute atomic E-state index is 0.0198. The number of nitrogens with zero attached hydrogens (tertiary/aromatic N) is 1. The number of aliphatic hydroxyl groups is 1. The summed E-state index contributed by atoms with van der Waals surface area (Å²) in [6.45, 7) is 4.71. The van der Waals surface area contributed by atoms with E-state index in [0.29, 0.717) is 29.6 Å². The number of benzene rings is 1. The molecule has 5 heteroatoms. The van der Waals surface area contributed by atoms with Gasteiger partial charge in [0, 0.05) is 29.1 Å². The quantitative estimate of drug-likeness (QED) is 0.877. The van der Waals surface area contributed by atoms with Crippen molar-refractivity contribution in [2.24, 2.45) is 5.92 Å². The van der Waals surface area contributed by atoms with Gasteiger partial charge < -0.3 is 10.0 Å². The van der Waals surface area contributed by atoms with Crippen LogP contribution >= 0.6 is 23.2 Å². The van der Waals surface area contributed by atoms with E-state index in [1.807, 2.05) is 19.9 Å². The number of aliphatic hydroxyl groups excluding tert-OH is 1. The zero-order valence-corrected chi connectivity index (χ0v) is 12.7. The molecule has 1 atom stereocenters. The predicted molar refractivity (Wildman–Crippen MR) is 78.7 cm³/mol. The molecule has 1 amide bonds. The minimum atomic E-state index is -0.176. The van der Waals surface area contributed by atoms with E-state index in [1.54, 1.807) is 17.0 Å². The van der Waals surface area contributed by atoms with Gasteiger partial charge in [0.05, 0.1) is 6.61 Å². The summed E-state index contributed by atoms with van der Waals surface area (Å²) < 4.78 is 0. The van der Waals surface area contributed by atoms with Crippen molar-refractivity contribution in [3.8, 4) is 0 Å². The highest BCUT2D eigenvalue weighted by molar-refractivity contribution is 6.35. The number of carbonyl (C=O) groups excluding carboxylic acids is 1. The van der Waals surface area contributed by atoms with E-state index in [1.165, 1.54) is 0 Å². The van der Waals surface area contributed by atoms with Crippen molar-refractivity contribution in [3.05, 3.63) is 33.8 Å². The van der Waals surface area contributed by atoms with Crippen molar-refractivity contribution in [2.45, 2.75) is 20.3 Å². The lowest BCUT2D eigenvalue weighted by atomic mass is 9.99. The zero-order valence-electron chi connectivity index (χ0n) is 11.2. The third kappa shape index (κ3) is 4.68. The lowest BCUT2D eigenvalue weighted by Gasteiger charge is -2.23. The first-order valence-electron chi connectivity index (χ1n) is 6.33. The van der Waals surface area contributed by atoms with Gasteiger partial charge in [-0.2, -0.15) is 0 Å². The summed E-state index contributed by atoms with van der Waals surface area (Å²) in [6.07, 6.45) is 0.566. The number of amides is 1. The van der Waals surface area contributed by atoms with Crippen molar-refractivity contribution < 1.29 is 9.90 Å². The number of likely N-dealkylation sites (N-methyl/N-ethyl adjacent to an activating group) is 1. The van der Waals surface area contributed by atoms with Gasteiger partial charge in [-0.3, -0.25) is 4.79 Å².